The van der Waals surface area contributed by atoms with Gasteiger partial charge in [-0.05, 0) is 35.2 Å². The van der Waals surface area contributed by atoms with Crippen LogP contribution in [0.15, 0.2) is 42.5 Å². The minimum atomic E-state index is -0.624. The molecule has 5 heteroatoms. The molecule has 2 aromatic carbocycles. The third kappa shape index (κ3) is 2.69. The lowest BCUT2D eigenvalue weighted by Crippen LogP contribution is -2.29. The summed E-state index contributed by atoms with van der Waals surface area (Å²) in [6, 6.07) is 12.5. The molecule has 0 unspecified atom stereocenters. The molecule has 0 aliphatic carbocycles. The van der Waals surface area contributed by atoms with Crippen LogP contribution in [0.2, 0.25) is 0 Å². The van der Waals surface area contributed by atoms with E-state index in [0.717, 1.165) is 5.56 Å². The van der Waals surface area contributed by atoms with Gasteiger partial charge in [0.1, 0.15) is 0 Å². The predicted octanol–water partition coefficient (Wildman–Crippen LogP) is 2.64. The van der Waals surface area contributed by atoms with Crippen molar-refractivity contribution in [1.29, 1.82) is 0 Å². The number of carbonyl (C=O) groups is 3. The van der Waals surface area contributed by atoms with E-state index in [2.05, 4.69) is 13.8 Å². The van der Waals surface area contributed by atoms with E-state index < -0.39 is 17.6 Å². The maximum Gasteiger partial charge on any atom is 0.299 e. The highest BCUT2D eigenvalue weighted by Gasteiger charge is 2.36. The van der Waals surface area contributed by atoms with E-state index in [0.29, 0.717) is 18.2 Å². The van der Waals surface area contributed by atoms with Gasteiger partial charge in [-0.1, -0.05) is 38.1 Å². The normalized spacial score (nSPS) is 13.5. The van der Waals surface area contributed by atoms with Gasteiger partial charge in [0.2, 0.25) is 5.91 Å². The van der Waals surface area contributed by atoms with Gasteiger partial charge in [-0.25, -0.2) is 0 Å². The molecule has 2 N–H and O–H groups in total. The number of nitrogens with zero attached hydrogens (tertiary/aromatic N) is 1. The van der Waals surface area contributed by atoms with Crippen LogP contribution in [0.4, 0.5) is 5.69 Å². The standard InChI is InChI=1S/C19H18N2O3/c1-11(2)13-5-3-12(4-6-13)10-21-16-8-7-14(18(20)23)9-15(16)17(22)19(21)24/h3-9,11H,10H2,1-2H3,(H2,20,23). The van der Waals surface area contributed by atoms with Crippen molar-refractivity contribution in [3.63, 3.8) is 0 Å². The number of benzene rings is 2. The second-order valence-corrected chi connectivity index (χ2v) is 6.21. The quantitative estimate of drug-likeness (QED) is 0.879. The summed E-state index contributed by atoms with van der Waals surface area (Å²) in [5.41, 5.74) is 8.36. The van der Waals surface area contributed by atoms with Crippen LogP contribution in [0.3, 0.4) is 0 Å². The molecular formula is C19H18N2O3. The molecule has 0 fully saturated rings. The van der Waals surface area contributed by atoms with Crippen LogP contribution in [-0.2, 0) is 11.3 Å². The van der Waals surface area contributed by atoms with Gasteiger partial charge in [-0.15, -0.1) is 0 Å². The molecule has 5 nitrogen and oxygen atoms in total. The van der Waals surface area contributed by atoms with Gasteiger partial charge in [-0.3, -0.25) is 14.4 Å². The Morgan fingerprint density at radius 3 is 2.33 bits per heavy atom. The number of Topliss-reactive ketones (excluding diaryl/α,β-unsaturated/α-hetero) is 1. The van der Waals surface area contributed by atoms with Gasteiger partial charge in [0.25, 0.3) is 11.7 Å². The van der Waals surface area contributed by atoms with Crippen molar-refractivity contribution in [2.24, 2.45) is 5.73 Å². The number of ketones is 1. The average molecular weight is 322 g/mol. The first-order chi connectivity index (χ1) is 11.4. The largest absolute Gasteiger partial charge is 0.366 e. The highest BCUT2D eigenvalue weighted by Crippen LogP contribution is 2.31. The molecule has 0 saturated heterocycles. The highest BCUT2D eigenvalue weighted by atomic mass is 16.2. The predicted molar refractivity (Wildman–Crippen MR) is 91.0 cm³/mol. The van der Waals surface area contributed by atoms with Crippen molar-refractivity contribution < 1.29 is 14.4 Å². The van der Waals surface area contributed by atoms with Crippen molar-refractivity contribution in [3.8, 4) is 0 Å². The molecule has 2 aromatic rings. The van der Waals surface area contributed by atoms with Gasteiger partial charge < -0.3 is 10.6 Å². The maximum atomic E-state index is 12.3. The van der Waals surface area contributed by atoms with Crippen LogP contribution in [0, 0.1) is 0 Å². The second kappa shape index (κ2) is 5.92. The number of fused-ring (bicyclic) bond motifs is 1. The van der Waals surface area contributed by atoms with Gasteiger partial charge >= 0.3 is 0 Å². The van der Waals surface area contributed by atoms with E-state index in [4.69, 9.17) is 5.73 Å². The Bertz CT molecular complexity index is 838. The van der Waals surface area contributed by atoms with Crippen molar-refractivity contribution in [2.45, 2.75) is 26.3 Å². The van der Waals surface area contributed by atoms with Crippen molar-refractivity contribution in [2.75, 3.05) is 4.90 Å². The first-order valence-corrected chi connectivity index (χ1v) is 7.77. The third-order valence-electron chi connectivity index (χ3n) is 4.24. The SMILES string of the molecule is CC(C)c1ccc(CN2C(=O)C(=O)c3cc(C(N)=O)ccc32)cc1. The van der Waals surface area contributed by atoms with Gasteiger partial charge in [0, 0.05) is 5.56 Å². The molecule has 0 radical (unpaired) electrons. The van der Waals surface area contributed by atoms with E-state index >= 15 is 0 Å². The zero-order chi connectivity index (χ0) is 17.4. The number of anilines is 1. The smallest absolute Gasteiger partial charge is 0.299 e. The summed E-state index contributed by atoms with van der Waals surface area (Å²) in [5.74, 6) is -1.38. The van der Waals surface area contributed by atoms with Crippen molar-refractivity contribution in [1.82, 2.24) is 0 Å². The number of hydrogen-bond acceptors (Lipinski definition) is 3. The fraction of sp³-hybridized carbons (Fsp3) is 0.211. The molecule has 24 heavy (non-hydrogen) atoms. The van der Waals surface area contributed by atoms with Crippen LogP contribution in [0.25, 0.3) is 0 Å². The number of rotatable bonds is 4. The van der Waals surface area contributed by atoms with Crippen LogP contribution in [0.5, 0.6) is 0 Å². The minimum Gasteiger partial charge on any atom is -0.366 e. The summed E-state index contributed by atoms with van der Waals surface area (Å²) >= 11 is 0. The summed E-state index contributed by atoms with van der Waals surface area (Å²) in [4.78, 5) is 37.2. The van der Waals surface area contributed by atoms with Crippen molar-refractivity contribution in [3.05, 3.63) is 64.7 Å². The van der Waals surface area contributed by atoms with Gasteiger partial charge in [-0.2, -0.15) is 0 Å². The lowest BCUT2D eigenvalue weighted by atomic mass is 10.0. The minimum absolute atomic E-state index is 0.220. The van der Waals surface area contributed by atoms with Crippen molar-refractivity contribution >= 4 is 23.3 Å². The molecule has 1 heterocycles. The molecule has 0 aromatic heterocycles. The monoisotopic (exact) mass is 322 g/mol. The Hall–Kier alpha value is -2.95. The molecule has 0 atom stereocenters. The topological polar surface area (TPSA) is 80.5 Å². The zero-order valence-electron chi connectivity index (χ0n) is 13.6. The number of hydrogen-bond donors (Lipinski definition) is 1. The first kappa shape index (κ1) is 15.9. The Morgan fingerprint density at radius 1 is 1.08 bits per heavy atom. The van der Waals surface area contributed by atoms with E-state index in [-0.39, 0.29) is 11.1 Å². The van der Waals surface area contributed by atoms with E-state index in [9.17, 15) is 14.4 Å². The molecule has 0 spiro atoms. The Kier molecular flexibility index (Phi) is 3.93. The fourth-order valence-electron chi connectivity index (χ4n) is 2.80. The lowest BCUT2D eigenvalue weighted by molar-refractivity contribution is -0.114. The third-order valence-corrected chi connectivity index (χ3v) is 4.24. The highest BCUT2D eigenvalue weighted by molar-refractivity contribution is 6.52. The summed E-state index contributed by atoms with van der Waals surface area (Å²) in [5, 5.41) is 0. The molecule has 0 saturated carbocycles. The van der Waals surface area contributed by atoms with Crippen LogP contribution in [-0.4, -0.2) is 17.6 Å². The molecule has 1 aliphatic rings. The molecular weight excluding hydrogens is 304 g/mol. The summed E-state index contributed by atoms with van der Waals surface area (Å²) in [6.07, 6.45) is 0. The summed E-state index contributed by atoms with van der Waals surface area (Å²) in [7, 11) is 0. The van der Waals surface area contributed by atoms with Crippen LogP contribution < -0.4 is 10.6 Å². The Morgan fingerprint density at radius 2 is 1.75 bits per heavy atom. The first-order valence-electron chi connectivity index (χ1n) is 7.77. The van der Waals surface area contributed by atoms with E-state index in [1.54, 1.807) is 6.07 Å². The lowest BCUT2D eigenvalue weighted by Gasteiger charge is -2.17. The Labute approximate surface area is 140 Å². The van der Waals surface area contributed by atoms with Gasteiger partial charge in [0.15, 0.2) is 0 Å². The maximum absolute atomic E-state index is 12.3. The molecule has 2 amide bonds. The number of carbonyl (C=O) groups excluding carboxylic acids is 3. The number of primary amides is 1. The summed E-state index contributed by atoms with van der Waals surface area (Å²) in [6.45, 7) is 4.54. The van der Waals surface area contributed by atoms with E-state index in [1.807, 2.05) is 24.3 Å². The van der Waals surface area contributed by atoms with E-state index in [1.165, 1.54) is 22.6 Å². The van der Waals surface area contributed by atoms with Crippen LogP contribution >= 0.6 is 0 Å². The fourth-order valence-corrected chi connectivity index (χ4v) is 2.80. The zero-order valence-corrected chi connectivity index (χ0v) is 13.6. The molecule has 3 rings (SSSR count). The summed E-state index contributed by atoms with van der Waals surface area (Å²) < 4.78 is 0. The van der Waals surface area contributed by atoms with Crippen LogP contribution in [0.1, 0.15) is 51.6 Å². The molecule has 1 aliphatic heterocycles. The van der Waals surface area contributed by atoms with Gasteiger partial charge in [0.05, 0.1) is 17.8 Å². The second-order valence-electron chi connectivity index (χ2n) is 6.21. The number of amides is 2. The molecule has 0 bridgehead atoms. The molecule has 122 valence electrons. The average Bonchev–Trinajstić information content (AvgIpc) is 2.80. The number of nitrogens with two attached hydrogens (primary N) is 1. The Balaban J connectivity index is 1.91.